The van der Waals surface area contributed by atoms with Crippen molar-refractivity contribution in [3.63, 3.8) is 0 Å². The summed E-state index contributed by atoms with van der Waals surface area (Å²) in [6.45, 7) is 0.951. The molecule has 5 nitrogen and oxygen atoms in total. The molecule has 0 aliphatic carbocycles. The molecule has 5 heteroatoms. The van der Waals surface area contributed by atoms with Gasteiger partial charge >= 0.3 is 12.1 Å². The number of hydrogen-bond acceptors (Lipinski definition) is 3. The number of rotatable bonds is 4. The zero-order chi connectivity index (χ0) is 16.5. The molecule has 0 aromatic heterocycles. The minimum Gasteiger partial charge on any atom is -0.472 e. The number of carboxylic acids is 1. The van der Waals surface area contributed by atoms with Crippen molar-refractivity contribution in [3.05, 3.63) is 35.9 Å². The van der Waals surface area contributed by atoms with E-state index in [0.717, 1.165) is 24.8 Å². The summed E-state index contributed by atoms with van der Waals surface area (Å²) in [7, 11) is 0. The van der Waals surface area contributed by atoms with Crippen LogP contribution in [0.5, 0.6) is 0 Å². The van der Waals surface area contributed by atoms with Crippen LogP contribution in [0.2, 0.25) is 0 Å². The van der Waals surface area contributed by atoms with Crippen molar-refractivity contribution < 1.29 is 19.4 Å². The maximum Gasteiger partial charge on any atom is 0.410 e. The Morgan fingerprint density at radius 2 is 2.04 bits per heavy atom. The van der Waals surface area contributed by atoms with Crippen molar-refractivity contribution in [2.75, 3.05) is 6.54 Å². The molecular formula is C18H21NO4. The summed E-state index contributed by atoms with van der Waals surface area (Å²) in [6.07, 6.45) is 3.80. The lowest BCUT2D eigenvalue weighted by atomic mass is 9.98. The number of ether oxygens (including phenoxy) is 1. The lowest BCUT2D eigenvalue weighted by Gasteiger charge is -2.34. The second kappa shape index (κ2) is 8.84. The predicted octanol–water partition coefficient (Wildman–Crippen LogP) is 3.05. The molecule has 122 valence electrons. The number of carboxylic acid groups (broad SMARTS) is 1. The van der Waals surface area contributed by atoms with Crippen LogP contribution in [0, 0.1) is 11.8 Å². The van der Waals surface area contributed by atoms with Gasteiger partial charge in [-0.25, -0.2) is 9.59 Å². The van der Waals surface area contributed by atoms with Crippen molar-refractivity contribution in [3.8, 4) is 11.8 Å². The fraction of sp³-hybridized carbons (Fsp3) is 0.444. The minimum absolute atomic E-state index is 0.0788. The van der Waals surface area contributed by atoms with Gasteiger partial charge < -0.3 is 14.7 Å². The number of piperidine rings is 1. The molecule has 1 unspecified atom stereocenters. The quantitative estimate of drug-likeness (QED) is 0.867. The van der Waals surface area contributed by atoms with Gasteiger partial charge in [-0.3, -0.25) is 0 Å². The smallest absolute Gasteiger partial charge is 0.410 e. The van der Waals surface area contributed by atoms with Crippen molar-refractivity contribution in [2.45, 2.75) is 44.8 Å². The average molecular weight is 315 g/mol. The van der Waals surface area contributed by atoms with Gasteiger partial charge in [0.1, 0.15) is 6.61 Å². The lowest BCUT2D eigenvalue weighted by molar-refractivity contribution is -0.130. The first-order valence-corrected chi connectivity index (χ1v) is 7.86. The summed E-state index contributed by atoms with van der Waals surface area (Å²) in [6, 6.07) is 9.66. The molecule has 1 N–H and O–H groups in total. The van der Waals surface area contributed by atoms with E-state index < -0.39 is 5.97 Å². The Bertz CT molecular complexity index is 588. The Kier molecular flexibility index (Phi) is 6.49. The van der Waals surface area contributed by atoms with Gasteiger partial charge in [-0.1, -0.05) is 36.3 Å². The molecular weight excluding hydrogens is 294 g/mol. The third kappa shape index (κ3) is 5.67. The molecule has 1 aliphatic rings. The summed E-state index contributed by atoms with van der Waals surface area (Å²) in [5.41, 5.74) is 0.960. The molecule has 1 aromatic rings. The van der Waals surface area contributed by atoms with Gasteiger partial charge in [-0.15, -0.1) is 0 Å². The molecule has 1 fully saturated rings. The van der Waals surface area contributed by atoms with Gasteiger partial charge in [0.25, 0.3) is 0 Å². The van der Waals surface area contributed by atoms with Gasteiger partial charge in [0.2, 0.25) is 0 Å². The topological polar surface area (TPSA) is 66.8 Å². The van der Waals surface area contributed by atoms with Crippen LogP contribution in [0.1, 0.15) is 37.7 Å². The van der Waals surface area contributed by atoms with E-state index in [2.05, 4.69) is 11.8 Å². The number of likely N-dealkylation sites (tertiary alicyclic amines) is 1. The monoisotopic (exact) mass is 315 g/mol. The third-order valence-electron chi connectivity index (χ3n) is 3.86. The number of carbonyl (C=O) groups excluding carboxylic acids is 1. The van der Waals surface area contributed by atoms with Gasteiger partial charge in [0.15, 0.2) is 0 Å². The second-order valence-electron chi connectivity index (χ2n) is 5.53. The van der Waals surface area contributed by atoms with Crippen LogP contribution in [0.25, 0.3) is 0 Å². The largest absolute Gasteiger partial charge is 0.472 e. The van der Waals surface area contributed by atoms with Gasteiger partial charge in [0, 0.05) is 24.9 Å². The Morgan fingerprint density at radius 3 is 2.78 bits per heavy atom. The van der Waals surface area contributed by atoms with E-state index in [1.807, 2.05) is 30.3 Å². The van der Waals surface area contributed by atoms with E-state index in [1.165, 1.54) is 0 Å². The zero-order valence-corrected chi connectivity index (χ0v) is 13.0. The highest BCUT2D eigenvalue weighted by Gasteiger charge is 2.27. The first kappa shape index (κ1) is 16.9. The number of hydrogen-bond donors (Lipinski definition) is 1. The first-order valence-electron chi connectivity index (χ1n) is 7.86. The van der Waals surface area contributed by atoms with Crippen molar-refractivity contribution in [1.29, 1.82) is 0 Å². The zero-order valence-electron chi connectivity index (χ0n) is 13.0. The molecule has 0 bridgehead atoms. The summed E-state index contributed by atoms with van der Waals surface area (Å²) in [5, 5.41) is 8.51. The number of amides is 1. The van der Waals surface area contributed by atoms with Crippen LogP contribution in [0.3, 0.4) is 0 Å². The first-order chi connectivity index (χ1) is 11.2. The van der Waals surface area contributed by atoms with Crippen molar-refractivity contribution in [1.82, 2.24) is 4.90 Å². The SMILES string of the molecule is O=C(O)C#CCCC1CCCCN1C(=O)OCc1ccccc1. The van der Waals surface area contributed by atoms with E-state index in [0.29, 0.717) is 19.4 Å². The highest BCUT2D eigenvalue weighted by molar-refractivity contribution is 5.86. The molecule has 1 atom stereocenters. The standard InChI is InChI=1S/C18H21NO4/c20-17(21)12-5-4-10-16-11-6-7-13-19(16)18(22)23-14-15-8-2-1-3-9-15/h1-3,8-9,16H,4,6-7,10-11,13-14H2,(H,20,21). The number of benzene rings is 1. The lowest BCUT2D eigenvalue weighted by Crippen LogP contribution is -2.43. The van der Waals surface area contributed by atoms with E-state index in [9.17, 15) is 9.59 Å². The Hall–Kier alpha value is -2.48. The molecule has 0 radical (unpaired) electrons. The highest BCUT2D eigenvalue weighted by atomic mass is 16.6. The predicted molar refractivity (Wildman–Crippen MR) is 85.6 cm³/mol. The molecule has 1 heterocycles. The van der Waals surface area contributed by atoms with E-state index >= 15 is 0 Å². The molecule has 2 rings (SSSR count). The number of carbonyl (C=O) groups is 2. The molecule has 23 heavy (non-hydrogen) atoms. The van der Waals surface area contributed by atoms with E-state index in [-0.39, 0.29) is 18.7 Å². The van der Waals surface area contributed by atoms with Crippen LogP contribution in [0.15, 0.2) is 30.3 Å². The fourth-order valence-corrected chi connectivity index (χ4v) is 2.72. The van der Waals surface area contributed by atoms with Crippen LogP contribution in [-0.4, -0.2) is 34.7 Å². The summed E-state index contributed by atoms with van der Waals surface area (Å²) >= 11 is 0. The van der Waals surface area contributed by atoms with Crippen LogP contribution >= 0.6 is 0 Å². The Morgan fingerprint density at radius 1 is 1.26 bits per heavy atom. The number of nitrogens with zero attached hydrogens (tertiary/aromatic N) is 1. The van der Waals surface area contributed by atoms with Crippen LogP contribution in [0.4, 0.5) is 4.79 Å². The average Bonchev–Trinajstić information content (AvgIpc) is 2.58. The summed E-state index contributed by atoms with van der Waals surface area (Å²) in [4.78, 5) is 24.4. The summed E-state index contributed by atoms with van der Waals surface area (Å²) in [5.74, 6) is 3.61. The Balaban J connectivity index is 1.85. The third-order valence-corrected chi connectivity index (χ3v) is 3.86. The van der Waals surface area contributed by atoms with E-state index in [1.54, 1.807) is 4.90 Å². The van der Waals surface area contributed by atoms with Crippen molar-refractivity contribution in [2.24, 2.45) is 0 Å². The van der Waals surface area contributed by atoms with Crippen LogP contribution in [-0.2, 0) is 16.1 Å². The van der Waals surface area contributed by atoms with Gasteiger partial charge in [0.05, 0.1) is 0 Å². The molecule has 0 saturated carbocycles. The maximum atomic E-state index is 12.3. The Labute approximate surface area is 136 Å². The normalized spacial score (nSPS) is 17.0. The fourth-order valence-electron chi connectivity index (χ4n) is 2.72. The second-order valence-corrected chi connectivity index (χ2v) is 5.53. The highest BCUT2D eigenvalue weighted by Crippen LogP contribution is 2.22. The van der Waals surface area contributed by atoms with Gasteiger partial charge in [-0.05, 0) is 31.2 Å². The van der Waals surface area contributed by atoms with Crippen molar-refractivity contribution >= 4 is 12.1 Å². The maximum absolute atomic E-state index is 12.3. The molecule has 1 saturated heterocycles. The minimum atomic E-state index is -1.12. The molecule has 1 aliphatic heterocycles. The van der Waals surface area contributed by atoms with Crippen LogP contribution < -0.4 is 0 Å². The molecule has 0 spiro atoms. The number of aliphatic carboxylic acids is 1. The summed E-state index contributed by atoms with van der Waals surface area (Å²) < 4.78 is 5.40. The molecule has 1 amide bonds. The van der Waals surface area contributed by atoms with Gasteiger partial charge in [-0.2, -0.15) is 0 Å². The molecule has 1 aromatic carbocycles. The van der Waals surface area contributed by atoms with E-state index in [4.69, 9.17) is 9.84 Å².